The molecule has 1 fully saturated rings. The molecule has 0 spiro atoms. The molecule has 0 atom stereocenters. The van der Waals surface area contributed by atoms with Crippen LogP contribution in [-0.4, -0.2) is 41.0 Å². The molecule has 1 aromatic carbocycles. The lowest BCUT2D eigenvalue weighted by Gasteiger charge is -2.19. The van der Waals surface area contributed by atoms with E-state index in [4.69, 9.17) is 4.74 Å². The Morgan fingerprint density at radius 2 is 1.88 bits per heavy atom. The largest absolute Gasteiger partial charge is 0.496 e. The molecule has 0 unspecified atom stereocenters. The van der Waals surface area contributed by atoms with Crippen LogP contribution in [0.2, 0.25) is 0 Å². The van der Waals surface area contributed by atoms with Crippen LogP contribution >= 0.6 is 0 Å². The van der Waals surface area contributed by atoms with Gasteiger partial charge in [-0.1, -0.05) is 31.0 Å². The number of carbonyl (C=O) groups is 1. The average Bonchev–Trinajstić information content (AvgIpc) is 2.96. The minimum absolute atomic E-state index is 0.0225. The fourth-order valence-electron chi connectivity index (χ4n) is 3.00. The predicted octanol–water partition coefficient (Wildman–Crippen LogP) is 3.11. The van der Waals surface area contributed by atoms with Crippen molar-refractivity contribution in [2.24, 2.45) is 0 Å². The number of carbonyl (C=O) groups excluding carboxylic acids is 1. The molecule has 6 heteroatoms. The monoisotopic (exact) mass is 340 g/mol. The van der Waals surface area contributed by atoms with Gasteiger partial charge < -0.3 is 15.0 Å². The van der Waals surface area contributed by atoms with Crippen molar-refractivity contribution in [2.75, 3.05) is 25.5 Å². The summed E-state index contributed by atoms with van der Waals surface area (Å²) in [7, 11) is 1.65. The molecule has 3 rings (SSSR count). The molecule has 1 N–H and O–H groups in total. The molecule has 1 saturated heterocycles. The highest BCUT2D eigenvalue weighted by Crippen LogP contribution is 2.18. The Hall–Kier alpha value is -2.63. The van der Waals surface area contributed by atoms with Crippen molar-refractivity contribution in [1.29, 1.82) is 0 Å². The van der Waals surface area contributed by atoms with E-state index in [0.717, 1.165) is 37.2 Å². The summed E-state index contributed by atoms with van der Waals surface area (Å²) in [4.78, 5) is 23.0. The van der Waals surface area contributed by atoms with Crippen LogP contribution in [0, 0.1) is 0 Å². The van der Waals surface area contributed by atoms with Crippen LogP contribution in [0.5, 0.6) is 5.75 Å². The molecule has 0 bridgehead atoms. The zero-order valence-electron chi connectivity index (χ0n) is 14.6. The van der Waals surface area contributed by atoms with E-state index in [1.165, 1.54) is 12.8 Å². The Morgan fingerprint density at radius 1 is 1.12 bits per heavy atom. The number of ether oxygens (including phenoxy) is 1. The van der Waals surface area contributed by atoms with E-state index in [1.807, 2.05) is 29.2 Å². The molecule has 0 saturated carbocycles. The van der Waals surface area contributed by atoms with Crippen molar-refractivity contribution in [1.82, 2.24) is 14.9 Å². The van der Waals surface area contributed by atoms with E-state index in [9.17, 15) is 4.79 Å². The summed E-state index contributed by atoms with van der Waals surface area (Å²) in [5.74, 6) is 1.44. The molecule has 0 aliphatic carbocycles. The van der Waals surface area contributed by atoms with Crippen LogP contribution in [0.4, 0.5) is 5.82 Å². The number of aromatic nitrogens is 2. The van der Waals surface area contributed by atoms with Crippen molar-refractivity contribution in [3.63, 3.8) is 0 Å². The molecule has 1 aromatic heterocycles. The Balaban J connectivity index is 1.61. The molecule has 1 amide bonds. The number of nitrogens with one attached hydrogen (secondary N) is 1. The molecule has 6 nitrogen and oxygen atoms in total. The lowest BCUT2D eigenvalue weighted by molar-refractivity contribution is 0.0755. The van der Waals surface area contributed by atoms with Crippen molar-refractivity contribution in [2.45, 2.75) is 32.2 Å². The summed E-state index contributed by atoms with van der Waals surface area (Å²) in [6.07, 6.45) is 7.69. The molecular formula is C19H24N4O2. The number of methoxy groups -OCH3 is 1. The van der Waals surface area contributed by atoms with Crippen LogP contribution < -0.4 is 10.1 Å². The fourth-order valence-corrected chi connectivity index (χ4v) is 3.00. The van der Waals surface area contributed by atoms with Gasteiger partial charge in [0, 0.05) is 25.2 Å². The maximum atomic E-state index is 12.5. The number of hydrogen-bond donors (Lipinski definition) is 1. The zero-order chi connectivity index (χ0) is 17.5. The molecule has 25 heavy (non-hydrogen) atoms. The summed E-state index contributed by atoms with van der Waals surface area (Å²) in [6, 6.07) is 7.82. The average molecular weight is 340 g/mol. The van der Waals surface area contributed by atoms with Gasteiger partial charge in [-0.15, -0.1) is 0 Å². The third kappa shape index (κ3) is 4.47. The SMILES string of the molecule is COc1ccccc1CNc1cnc(C(=O)N2CCCCCC2)cn1. The maximum absolute atomic E-state index is 12.5. The van der Waals surface area contributed by atoms with Gasteiger partial charge in [-0.2, -0.15) is 0 Å². The normalized spacial score (nSPS) is 14.7. The number of amides is 1. The summed E-state index contributed by atoms with van der Waals surface area (Å²) in [5, 5.41) is 3.21. The molecule has 132 valence electrons. The van der Waals surface area contributed by atoms with Crippen LogP contribution in [-0.2, 0) is 6.54 Å². The highest BCUT2D eigenvalue weighted by molar-refractivity contribution is 5.92. The maximum Gasteiger partial charge on any atom is 0.274 e. The van der Waals surface area contributed by atoms with E-state index in [0.29, 0.717) is 18.1 Å². The van der Waals surface area contributed by atoms with E-state index < -0.39 is 0 Å². The quantitative estimate of drug-likeness (QED) is 0.906. The van der Waals surface area contributed by atoms with E-state index >= 15 is 0 Å². The van der Waals surface area contributed by atoms with Crippen LogP contribution in [0.15, 0.2) is 36.7 Å². The smallest absolute Gasteiger partial charge is 0.274 e. The van der Waals surface area contributed by atoms with Crippen molar-refractivity contribution in [3.05, 3.63) is 47.9 Å². The van der Waals surface area contributed by atoms with Gasteiger partial charge in [0.05, 0.1) is 19.5 Å². The second-order valence-corrected chi connectivity index (χ2v) is 6.16. The molecule has 1 aliphatic rings. The van der Waals surface area contributed by atoms with Gasteiger partial charge in [0.1, 0.15) is 17.3 Å². The molecule has 2 heterocycles. The third-order valence-corrected chi connectivity index (χ3v) is 4.42. The highest BCUT2D eigenvalue weighted by atomic mass is 16.5. The number of anilines is 1. The lowest BCUT2D eigenvalue weighted by atomic mass is 10.2. The minimum Gasteiger partial charge on any atom is -0.496 e. The van der Waals surface area contributed by atoms with Crippen LogP contribution in [0.3, 0.4) is 0 Å². The second-order valence-electron chi connectivity index (χ2n) is 6.16. The highest BCUT2D eigenvalue weighted by Gasteiger charge is 2.18. The standard InChI is InChI=1S/C19H24N4O2/c1-25-17-9-5-4-8-15(17)12-21-18-14-20-16(13-22-18)19(24)23-10-6-2-3-7-11-23/h4-5,8-9,13-14H,2-3,6-7,10-12H2,1H3,(H,21,22). The number of likely N-dealkylation sites (tertiary alicyclic amines) is 1. The van der Waals surface area contributed by atoms with Gasteiger partial charge in [-0.3, -0.25) is 4.79 Å². The number of para-hydroxylation sites is 1. The Morgan fingerprint density at radius 3 is 2.56 bits per heavy atom. The first-order valence-electron chi connectivity index (χ1n) is 8.75. The Labute approximate surface area is 148 Å². The second kappa shape index (κ2) is 8.46. The molecule has 2 aromatic rings. The summed E-state index contributed by atoms with van der Waals surface area (Å²) < 4.78 is 5.34. The van der Waals surface area contributed by atoms with Crippen molar-refractivity contribution >= 4 is 11.7 Å². The van der Waals surface area contributed by atoms with Crippen molar-refractivity contribution < 1.29 is 9.53 Å². The van der Waals surface area contributed by atoms with Crippen molar-refractivity contribution in [3.8, 4) is 5.75 Å². The molecular weight excluding hydrogens is 316 g/mol. The topological polar surface area (TPSA) is 67.3 Å². The first-order valence-corrected chi connectivity index (χ1v) is 8.75. The van der Waals surface area contributed by atoms with Gasteiger partial charge in [0.25, 0.3) is 5.91 Å². The van der Waals surface area contributed by atoms with Gasteiger partial charge in [-0.05, 0) is 18.9 Å². The van der Waals surface area contributed by atoms with Crippen LogP contribution in [0.1, 0.15) is 41.7 Å². The number of rotatable bonds is 5. The minimum atomic E-state index is -0.0225. The van der Waals surface area contributed by atoms with Crippen LogP contribution in [0.25, 0.3) is 0 Å². The zero-order valence-corrected chi connectivity index (χ0v) is 14.6. The van der Waals surface area contributed by atoms with Gasteiger partial charge in [0.15, 0.2) is 0 Å². The lowest BCUT2D eigenvalue weighted by Crippen LogP contribution is -2.32. The van der Waals surface area contributed by atoms with Gasteiger partial charge in [-0.25, -0.2) is 9.97 Å². The Kier molecular flexibility index (Phi) is 5.82. The first-order chi connectivity index (χ1) is 12.3. The molecule has 0 radical (unpaired) electrons. The van der Waals surface area contributed by atoms with Gasteiger partial charge >= 0.3 is 0 Å². The first kappa shape index (κ1) is 17.2. The third-order valence-electron chi connectivity index (χ3n) is 4.42. The summed E-state index contributed by atoms with van der Waals surface area (Å²) >= 11 is 0. The predicted molar refractivity (Wildman–Crippen MR) is 96.7 cm³/mol. The summed E-state index contributed by atoms with van der Waals surface area (Å²) in [6.45, 7) is 2.21. The van der Waals surface area contributed by atoms with E-state index in [2.05, 4.69) is 15.3 Å². The number of benzene rings is 1. The van der Waals surface area contributed by atoms with E-state index in [-0.39, 0.29) is 5.91 Å². The summed E-state index contributed by atoms with van der Waals surface area (Å²) in [5.41, 5.74) is 1.45. The molecule has 1 aliphatic heterocycles. The van der Waals surface area contributed by atoms with E-state index in [1.54, 1.807) is 19.5 Å². The Bertz CT molecular complexity index is 695. The fraction of sp³-hybridized carbons (Fsp3) is 0.421. The number of nitrogens with zero attached hydrogens (tertiary/aromatic N) is 3. The van der Waals surface area contributed by atoms with Gasteiger partial charge in [0.2, 0.25) is 0 Å². The number of hydrogen-bond acceptors (Lipinski definition) is 5.